The molecule has 0 heterocycles. The van der Waals surface area contributed by atoms with E-state index in [-0.39, 0.29) is 0 Å². The molecule has 0 radical (unpaired) electrons. The zero-order chi connectivity index (χ0) is 9.66. The average Bonchev–Trinajstić information content (AvgIpc) is 2.06. The fourth-order valence-electron chi connectivity index (χ4n) is 0.729. The minimum absolute atomic E-state index is 1.20. The summed E-state index contributed by atoms with van der Waals surface area (Å²) >= 11 is 0. The average molecular weight is 175 g/mol. The van der Waals surface area contributed by atoms with E-state index in [9.17, 15) is 0 Å². The molecule has 0 rings (SSSR count). The Labute approximate surface area is 77.7 Å². The minimum Gasteiger partial charge on any atom is -0.388 e. The van der Waals surface area contributed by atoms with Crippen LogP contribution >= 0.6 is 0 Å². The highest BCUT2D eigenvalue weighted by atomic mass is 16.4. The van der Waals surface area contributed by atoms with Gasteiger partial charge in [-0.15, -0.1) is 0 Å². The Morgan fingerprint density at radius 3 is 1.50 bits per heavy atom. The van der Waals surface area contributed by atoms with E-state index >= 15 is 0 Å². The monoisotopic (exact) mass is 175 g/mol. The largest absolute Gasteiger partial charge is 0.388 e. The predicted octanol–water partition coefficient (Wildman–Crippen LogP) is 2.44. The fraction of sp³-hybridized carbons (Fsp3) is 1.00. The van der Waals surface area contributed by atoms with E-state index in [0.717, 1.165) is 0 Å². The lowest BCUT2D eigenvalue weighted by Crippen LogP contribution is -2.15. The van der Waals surface area contributed by atoms with Crippen LogP contribution in [0.15, 0.2) is 0 Å². The molecule has 0 amide bonds. The van der Waals surface area contributed by atoms with Crippen molar-refractivity contribution in [1.82, 2.24) is 5.32 Å². The molecule has 0 aliphatic rings. The second-order valence-electron chi connectivity index (χ2n) is 2.87. The smallest absolute Gasteiger partial charge is 0.0351 e. The zero-order valence-electron chi connectivity index (χ0n) is 9.15. The molecule has 0 aromatic heterocycles. The summed E-state index contributed by atoms with van der Waals surface area (Å²) in [5.74, 6) is 0. The maximum atomic E-state index is 4.25. The van der Waals surface area contributed by atoms with Crippen molar-refractivity contribution in [3.8, 4) is 0 Å². The predicted molar refractivity (Wildman–Crippen MR) is 55.6 cm³/mol. The minimum atomic E-state index is 1.20. The number of hydrogen-bond acceptors (Lipinski definition) is 2. The lowest BCUT2D eigenvalue weighted by Gasteiger charge is -1.99. The number of methoxy groups -OCH3 is 1. The molecule has 12 heavy (non-hydrogen) atoms. The molecule has 0 aromatic rings. The van der Waals surface area contributed by atoms with Crippen molar-refractivity contribution in [2.75, 3.05) is 27.3 Å². The highest BCUT2D eigenvalue weighted by molar-refractivity contribution is 4.45. The van der Waals surface area contributed by atoms with Gasteiger partial charge in [0, 0.05) is 14.2 Å². The van der Waals surface area contributed by atoms with Gasteiger partial charge in [0.25, 0.3) is 0 Å². The summed E-state index contributed by atoms with van der Waals surface area (Å²) in [6.45, 7) is 6.86. The molecule has 76 valence electrons. The molecule has 0 aliphatic heterocycles. The Morgan fingerprint density at radius 2 is 1.25 bits per heavy atom. The number of unbranched alkanes of at least 4 members (excludes halogenated alkanes) is 2. The van der Waals surface area contributed by atoms with Crippen LogP contribution in [0.25, 0.3) is 0 Å². The first kappa shape index (κ1) is 14.4. The van der Waals surface area contributed by atoms with E-state index in [0.29, 0.717) is 0 Å². The zero-order valence-corrected chi connectivity index (χ0v) is 9.15. The van der Waals surface area contributed by atoms with Gasteiger partial charge >= 0.3 is 0 Å². The molecule has 0 saturated carbocycles. The number of hydrogen-bond donors (Lipinski definition) is 1. The Bertz CT molecular complexity index is 51.8. The van der Waals surface area contributed by atoms with Gasteiger partial charge in [-0.2, -0.15) is 0 Å². The number of rotatable bonds is 6. The van der Waals surface area contributed by atoms with Gasteiger partial charge < -0.3 is 10.1 Å². The molecule has 2 nitrogen and oxygen atoms in total. The third-order valence-corrected chi connectivity index (χ3v) is 1.41. The van der Waals surface area contributed by atoms with E-state index in [1.807, 2.05) is 0 Å². The van der Waals surface area contributed by atoms with Crippen LogP contribution in [-0.4, -0.2) is 27.3 Å². The van der Waals surface area contributed by atoms with Gasteiger partial charge in [-0.3, -0.25) is 0 Å². The first-order chi connectivity index (χ1) is 5.83. The second-order valence-corrected chi connectivity index (χ2v) is 2.87. The molecule has 0 unspecified atom stereocenters. The lowest BCUT2D eigenvalue weighted by molar-refractivity contribution is 0.277. The van der Waals surface area contributed by atoms with Crippen molar-refractivity contribution in [3.05, 3.63) is 0 Å². The maximum absolute atomic E-state index is 4.25. The van der Waals surface area contributed by atoms with Crippen LogP contribution in [0.1, 0.15) is 39.5 Å². The molecule has 0 aromatic carbocycles. The first-order valence-electron chi connectivity index (χ1n) is 4.94. The topological polar surface area (TPSA) is 21.3 Å². The van der Waals surface area contributed by atoms with Crippen LogP contribution in [-0.2, 0) is 4.74 Å². The first-order valence-corrected chi connectivity index (χ1v) is 4.94. The molecule has 0 fully saturated rings. The third kappa shape index (κ3) is 22.5. The van der Waals surface area contributed by atoms with Crippen LogP contribution in [0.5, 0.6) is 0 Å². The van der Waals surface area contributed by atoms with Crippen LogP contribution in [0, 0.1) is 0 Å². The molecular weight excluding hydrogens is 150 g/mol. The Hall–Kier alpha value is -0.0800. The van der Waals surface area contributed by atoms with Gasteiger partial charge in [-0.1, -0.05) is 26.7 Å². The standard InChI is InChI=1S/C8H19N.C2H6O/c1-3-5-7-9-8-6-4-2;1-3-2/h9H,3-8H2,1-2H3;1-2H3. The van der Waals surface area contributed by atoms with Crippen LogP contribution in [0.4, 0.5) is 0 Å². The van der Waals surface area contributed by atoms with Gasteiger partial charge in [-0.05, 0) is 25.9 Å². The Balaban J connectivity index is 0. The summed E-state index contributed by atoms with van der Waals surface area (Å²) < 4.78 is 4.25. The third-order valence-electron chi connectivity index (χ3n) is 1.41. The molecule has 0 saturated heterocycles. The van der Waals surface area contributed by atoms with Gasteiger partial charge in [0.1, 0.15) is 0 Å². The van der Waals surface area contributed by atoms with Gasteiger partial charge in [0.05, 0.1) is 0 Å². The van der Waals surface area contributed by atoms with Crippen molar-refractivity contribution in [2.24, 2.45) is 0 Å². The normalized spacial score (nSPS) is 9.00. The van der Waals surface area contributed by atoms with Gasteiger partial charge in [-0.25, -0.2) is 0 Å². The van der Waals surface area contributed by atoms with E-state index < -0.39 is 0 Å². The Morgan fingerprint density at radius 1 is 0.917 bits per heavy atom. The molecule has 2 heteroatoms. The summed E-state index contributed by atoms with van der Waals surface area (Å²) in [5, 5.41) is 3.39. The van der Waals surface area contributed by atoms with Crippen molar-refractivity contribution in [3.63, 3.8) is 0 Å². The van der Waals surface area contributed by atoms with Crippen LogP contribution < -0.4 is 5.32 Å². The van der Waals surface area contributed by atoms with Gasteiger partial charge in [0.15, 0.2) is 0 Å². The highest BCUT2D eigenvalue weighted by Crippen LogP contribution is 1.85. The van der Waals surface area contributed by atoms with E-state index in [2.05, 4.69) is 23.9 Å². The summed E-state index contributed by atoms with van der Waals surface area (Å²) in [4.78, 5) is 0. The van der Waals surface area contributed by atoms with Gasteiger partial charge in [0.2, 0.25) is 0 Å². The summed E-state index contributed by atoms with van der Waals surface area (Å²) in [6, 6.07) is 0. The van der Waals surface area contributed by atoms with Crippen LogP contribution in [0.3, 0.4) is 0 Å². The number of ether oxygens (including phenoxy) is 1. The Kier molecular flexibility index (Phi) is 20.6. The van der Waals surface area contributed by atoms with E-state index in [4.69, 9.17) is 0 Å². The molecule has 0 spiro atoms. The maximum Gasteiger partial charge on any atom is 0.0351 e. The molecule has 0 bridgehead atoms. The fourth-order valence-corrected chi connectivity index (χ4v) is 0.729. The van der Waals surface area contributed by atoms with Crippen LogP contribution in [0.2, 0.25) is 0 Å². The second kappa shape index (κ2) is 17.1. The number of nitrogens with one attached hydrogen (secondary N) is 1. The molecular formula is C10H25NO. The lowest BCUT2D eigenvalue weighted by atomic mass is 10.3. The molecule has 1 N–H and O–H groups in total. The van der Waals surface area contributed by atoms with E-state index in [1.54, 1.807) is 14.2 Å². The summed E-state index contributed by atoms with van der Waals surface area (Å²) in [6.07, 6.45) is 5.26. The summed E-state index contributed by atoms with van der Waals surface area (Å²) in [5.41, 5.74) is 0. The van der Waals surface area contributed by atoms with Crippen molar-refractivity contribution in [2.45, 2.75) is 39.5 Å². The molecule has 0 atom stereocenters. The van der Waals surface area contributed by atoms with Crippen molar-refractivity contribution >= 4 is 0 Å². The van der Waals surface area contributed by atoms with Crippen molar-refractivity contribution in [1.29, 1.82) is 0 Å². The highest BCUT2D eigenvalue weighted by Gasteiger charge is 1.83. The quantitative estimate of drug-likeness (QED) is 0.626. The molecule has 0 aliphatic carbocycles. The SMILES string of the molecule is CCCCNCCCC.COC. The van der Waals surface area contributed by atoms with Crippen molar-refractivity contribution < 1.29 is 4.74 Å². The van der Waals surface area contributed by atoms with E-state index in [1.165, 1.54) is 38.8 Å². The summed E-state index contributed by atoms with van der Waals surface area (Å²) in [7, 11) is 3.25.